The highest BCUT2D eigenvalue weighted by Crippen LogP contribution is 2.68. The Balaban J connectivity index is 2.03. The van der Waals surface area contributed by atoms with Crippen molar-refractivity contribution in [1.29, 1.82) is 0 Å². The summed E-state index contributed by atoms with van der Waals surface area (Å²) in [7, 11) is 2.62. The van der Waals surface area contributed by atoms with E-state index < -0.39 is 29.2 Å². The van der Waals surface area contributed by atoms with E-state index in [1.54, 1.807) is 0 Å². The Labute approximate surface area is 134 Å². The van der Waals surface area contributed by atoms with Crippen molar-refractivity contribution in [2.24, 2.45) is 35.0 Å². The third-order valence-electron chi connectivity index (χ3n) is 6.10. The Morgan fingerprint density at radius 3 is 2.52 bits per heavy atom. The van der Waals surface area contributed by atoms with Gasteiger partial charge in [-0.25, -0.2) is 0 Å². The molecule has 0 aromatic rings. The van der Waals surface area contributed by atoms with Crippen molar-refractivity contribution in [2.45, 2.75) is 19.8 Å². The van der Waals surface area contributed by atoms with Gasteiger partial charge in [0.05, 0.1) is 26.1 Å². The van der Waals surface area contributed by atoms with E-state index in [0.29, 0.717) is 18.4 Å². The first kappa shape index (κ1) is 16.2. The number of ketones is 1. The van der Waals surface area contributed by atoms with Crippen LogP contribution in [-0.2, 0) is 23.9 Å². The third kappa shape index (κ3) is 2.00. The molecule has 23 heavy (non-hydrogen) atoms. The van der Waals surface area contributed by atoms with Gasteiger partial charge in [-0.1, -0.05) is 13.0 Å². The van der Waals surface area contributed by atoms with Crippen LogP contribution in [0.5, 0.6) is 0 Å². The predicted molar refractivity (Wildman–Crippen MR) is 79.0 cm³/mol. The minimum atomic E-state index is -0.656. The summed E-state index contributed by atoms with van der Waals surface area (Å²) in [5.41, 5.74) is 0.0130. The Morgan fingerprint density at radius 2 is 1.96 bits per heavy atom. The summed E-state index contributed by atoms with van der Waals surface area (Å²) in [4.78, 5) is 37.3. The molecule has 0 radical (unpaired) electrons. The number of Topliss-reactive ketones (excluding diaryl/α,β-unsaturated/α-hetero) is 1. The summed E-state index contributed by atoms with van der Waals surface area (Å²) in [6.07, 6.45) is 2.86. The van der Waals surface area contributed by atoms with Gasteiger partial charge in [0.2, 0.25) is 0 Å². The standard InChI is InChI=1S/C17H22O6/c1-17-7-10(9-6-8(4-5-18)14(19)12(9)17)11(15(20)22-2)13(17)16(21)23-3/h6,9-13,18H,4-5,7H2,1-3H3/t9-,10+,11-,12+,13+,17-/m1/s1. The summed E-state index contributed by atoms with van der Waals surface area (Å²) >= 11 is 0. The summed E-state index contributed by atoms with van der Waals surface area (Å²) in [6, 6.07) is 0. The number of allylic oxidation sites excluding steroid dienone is 1. The van der Waals surface area contributed by atoms with Gasteiger partial charge >= 0.3 is 11.9 Å². The van der Waals surface area contributed by atoms with E-state index in [0.717, 1.165) is 0 Å². The lowest BCUT2D eigenvalue weighted by Gasteiger charge is -2.40. The maximum absolute atomic E-state index is 12.7. The molecule has 2 bridgehead atoms. The molecular weight excluding hydrogens is 300 g/mol. The van der Waals surface area contributed by atoms with Crippen LogP contribution in [0.15, 0.2) is 11.6 Å². The lowest BCUT2D eigenvalue weighted by Crippen LogP contribution is -2.48. The van der Waals surface area contributed by atoms with Gasteiger partial charge in [0.1, 0.15) is 0 Å². The molecule has 0 amide bonds. The van der Waals surface area contributed by atoms with Crippen LogP contribution in [-0.4, -0.2) is 43.7 Å². The second-order valence-electron chi connectivity index (χ2n) is 7.01. The van der Waals surface area contributed by atoms with Gasteiger partial charge in [0.25, 0.3) is 0 Å². The molecule has 6 heteroatoms. The van der Waals surface area contributed by atoms with Gasteiger partial charge in [-0.2, -0.15) is 0 Å². The van der Waals surface area contributed by atoms with Crippen molar-refractivity contribution in [2.75, 3.05) is 20.8 Å². The van der Waals surface area contributed by atoms with E-state index in [9.17, 15) is 14.4 Å². The van der Waals surface area contributed by atoms with E-state index in [1.807, 2.05) is 13.0 Å². The quantitative estimate of drug-likeness (QED) is 0.767. The molecule has 0 heterocycles. The zero-order valence-electron chi connectivity index (χ0n) is 13.6. The molecular formula is C17H22O6. The monoisotopic (exact) mass is 322 g/mol. The van der Waals surface area contributed by atoms with Gasteiger partial charge in [0, 0.05) is 12.5 Å². The molecule has 0 aromatic heterocycles. The summed E-state index contributed by atoms with van der Waals surface area (Å²) < 4.78 is 9.83. The molecule has 126 valence electrons. The van der Waals surface area contributed by atoms with E-state index in [1.165, 1.54) is 14.2 Å². The largest absolute Gasteiger partial charge is 0.469 e. The fraction of sp³-hybridized carbons (Fsp3) is 0.706. The number of carbonyl (C=O) groups excluding carboxylic acids is 3. The number of aliphatic hydroxyl groups is 1. The molecule has 2 saturated carbocycles. The number of rotatable bonds is 4. The highest BCUT2D eigenvalue weighted by molar-refractivity contribution is 6.02. The van der Waals surface area contributed by atoms with Crippen LogP contribution >= 0.6 is 0 Å². The first-order valence-electron chi connectivity index (χ1n) is 7.92. The fourth-order valence-electron chi connectivity index (χ4n) is 5.33. The van der Waals surface area contributed by atoms with Crippen LogP contribution in [0.1, 0.15) is 19.8 Å². The number of fused-ring (bicyclic) bond motifs is 5. The van der Waals surface area contributed by atoms with Crippen molar-refractivity contribution < 1.29 is 29.0 Å². The molecule has 0 spiro atoms. The highest BCUT2D eigenvalue weighted by Gasteiger charge is 2.71. The third-order valence-corrected chi connectivity index (χ3v) is 6.10. The van der Waals surface area contributed by atoms with Crippen LogP contribution in [0.25, 0.3) is 0 Å². The molecule has 0 aliphatic heterocycles. The van der Waals surface area contributed by atoms with E-state index in [4.69, 9.17) is 14.6 Å². The molecule has 3 rings (SSSR count). The van der Waals surface area contributed by atoms with Crippen LogP contribution in [0, 0.1) is 35.0 Å². The van der Waals surface area contributed by atoms with Crippen LogP contribution < -0.4 is 0 Å². The Bertz CT molecular complexity index is 594. The number of carbonyl (C=O) groups is 3. The average molecular weight is 322 g/mol. The van der Waals surface area contributed by atoms with Gasteiger partial charge in [-0.05, 0) is 35.7 Å². The number of esters is 2. The molecule has 2 fully saturated rings. The Kier molecular flexibility index (Phi) is 3.83. The minimum absolute atomic E-state index is 0.00580. The zero-order valence-corrected chi connectivity index (χ0v) is 13.6. The lowest BCUT2D eigenvalue weighted by molar-refractivity contribution is -0.166. The van der Waals surface area contributed by atoms with Crippen LogP contribution in [0.2, 0.25) is 0 Å². The second-order valence-corrected chi connectivity index (χ2v) is 7.01. The summed E-state index contributed by atoms with van der Waals surface area (Å²) in [5.74, 6) is -2.55. The average Bonchev–Trinajstić information content (AvgIpc) is 3.12. The van der Waals surface area contributed by atoms with Gasteiger partial charge < -0.3 is 14.6 Å². The molecule has 0 unspecified atom stereocenters. The first-order chi connectivity index (χ1) is 10.9. The SMILES string of the molecule is COC(=O)[C@@H]1[C@H]2C[C@](C)([C@@H]3C(=O)C(CCO)=C[C@H]23)[C@@H]1C(=O)OC. The van der Waals surface area contributed by atoms with Crippen molar-refractivity contribution in [3.05, 3.63) is 11.6 Å². The number of methoxy groups -OCH3 is 2. The zero-order chi connectivity index (χ0) is 16.9. The highest BCUT2D eigenvalue weighted by atomic mass is 16.5. The fourth-order valence-corrected chi connectivity index (χ4v) is 5.33. The summed E-state index contributed by atoms with van der Waals surface area (Å²) in [5, 5.41) is 9.13. The van der Waals surface area contributed by atoms with Crippen molar-refractivity contribution >= 4 is 17.7 Å². The first-order valence-corrected chi connectivity index (χ1v) is 7.92. The molecule has 3 aliphatic carbocycles. The summed E-state index contributed by atoms with van der Waals surface area (Å²) in [6.45, 7) is 1.82. The molecule has 6 nitrogen and oxygen atoms in total. The van der Waals surface area contributed by atoms with Gasteiger partial charge in [0.15, 0.2) is 5.78 Å². The normalized spacial score (nSPS) is 40.8. The van der Waals surface area contributed by atoms with Crippen LogP contribution in [0.3, 0.4) is 0 Å². The number of aliphatic hydroxyl groups excluding tert-OH is 1. The molecule has 0 aromatic carbocycles. The van der Waals surface area contributed by atoms with Crippen molar-refractivity contribution in [3.63, 3.8) is 0 Å². The predicted octanol–water partition coefficient (Wildman–Crippen LogP) is 0.728. The smallest absolute Gasteiger partial charge is 0.310 e. The molecule has 1 N–H and O–H groups in total. The van der Waals surface area contributed by atoms with Crippen molar-refractivity contribution in [3.8, 4) is 0 Å². The van der Waals surface area contributed by atoms with Crippen molar-refractivity contribution in [1.82, 2.24) is 0 Å². The van der Waals surface area contributed by atoms with Crippen LogP contribution in [0.4, 0.5) is 0 Å². The van der Waals surface area contributed by atoms with E-state index in [2.05, 4.69) is 0 Å². The minimum Gasteiger partial charge on any atom is -0.469 e. The topological polar surface area (TPSA) is 89.9 Å². The number of hydrogen-bond donors (Lipinski definition) is 1. The maximum atomic E-state index is 12.7. The van der Waals surface area contributed by atoms with Gasteiger partial charge in [-0.15, -0.1) is 0 Å². The van der Waals surface area contributed by atoms with E-state index >= 15 is 0 Å². The van der Waals surface area contributed by atoms with Gasteiger partial charge in [-0.3, -0.25) is 14.4 Å². The molecule has 0 saturated heterocycles. The lowest BCUT2D eigenvalue weighted by atomic mass is 9.62. The number of hydrogen-bond acceptors (Lipinski definition) is 6. The Hall–Kier alpha value is -1.69. The molecule has 6 atom stereocenters. The molecule has 3 aliphatic rings. The maximum Gasteiger partial charge on any atom is 0.310 e. The van der Waals surface area contributed by atoms with E-state index in [-0.39, 0.29) is 30.1 Å². The number of ether oxygens (including phenoxy) is 2. The Morgan fingerprint density at radius 1 is 1.30 bits per heavy atom. The second kappa shape index (κ2) is 5.44.